The third kappa shape index (κ3) is 6.24. The Morgan fingerprint density at radius 1 is 0.913 bits per heavy atom. The molecule has 0 bridgehead atoms. The lowest BCUT2D eigenvalue weighted by Gasteiger charge is -2.17. The van der Waals surface area contributed by atoms with Crippen molar-refractivity contribution in [3.63, 3.8) is 0 Å². The molecule has 0 aliphatic carbocycles. The maximum atomic E-state index is 12.8. The molecule has 2 aromatic carbocycles. The first-order chi connectivity index (χ1) is 11.2. The fraction of sp³-hybridized carbons (Fsp3) is 0.188. The fourth-order valence-electron chi connectivity index (χ4n) is 1.75. The lowest BCUT2D eigenvalue weighted by Crippen LogP contribution is -2.03. The van der Waals surface area contributed by atoms with Crippen LogP contribution in [0.3, 0.4) is 0 Å². The van der Waals surface area contributed by atoms with E-state index >= 15 is 0 Å². The number of benzene rings is 2. The molecule has 0 fully saturated rings. The molecule has 0 spiro atoms. The molecule has 0 radical (unpaired) electrons. The van der Waals surface area contributed by atoms with Gasteiger partial charge in [0.2, 0.25) is 6.35 Å². The highest BCUT2D eigenvalue weighted by atomic mass is 31.2. The molecular weight excluding hydrogens is 315 g/mol. The zero-order chi connectivity index (χ0) is 16.4. The Labute approximate surface area is 135 Å². The van der Waals surface area contributed by atoms with E-state index in [0.29, 0.717) is 0 Å². The molecule has 23 heavy (non-hydrogen) atoms. The number of oxime groups is 1. The van der Waals surface area contributed by atoms with Gasteiger partial charge in [0, 0.05) is 0 Å². The summed E-state index contributed by atoms with van der Waals surface area (Å²) in [6, 6.07) is 18.8. The summed E-state index contributed by atoms with van der Waals surface area (Å²) >= 11 is 0. The number of hydrogen-bond donors (Lipinski definition) is 1. The van der Waals surface area contributed by atoms with Gasteiger partial charge in [-0.3, -0.25) is 4.57 Å². The van der Waals surface area contributed by atoms with Crippen molar-refractivity contribution in [2.24, 2.45) is 10.9 Å². The van der Waals surface area contributed by atoms with Crippen LogP contribution in [-0.4, -0.2) is 12.7 Å². The van der Waals surface area contributed by atoms with Crippen molar-refractivity contribution >= 4 is 13.9 Å². The second-order valence-electron chi connectivity index (χ2n) is 4.64. The van der Waals surface area contributed by atoms with Crippen molar-refractivity contribution < 1.29 is 18.5 Å². The highest BCUT2D eigenvalue weighted by molar-refractivity contribution is 7.53. The minimum absolute atomic E-state index is 0.155. The summed E-state index contributed by atoms with van der Waals surface area (Å²) in [5.74, 6) is 0. The smallest absolute Gasteiger partial charge is 0.371 e. The summed E-state index contributed by atoms with van der Waals surface area (Å²) in [5.41, 5.74) is 6.87. The highest BCUT2D eigenvalue weighted by Crippen LogP contribution is 2.49. The van der Waals surface area contributed by atoms with Crippen molar-refractivity contribution in [1.82, 2.24) is 0 Å². The number of hydrogen-bond acceptors (Lipinski definition) is 5. The average Bonchev–Trinajstić information content (AvgIpc) is 2.61. The summed E-state index contributed by atoms with van der Waals surface area (Å²) in [7, 11) is -3.47. The van der Waals surface area contributed by atoms with Crippen molar-refractivity contribution in [2.75, 3.05) is 6.35 Å². The molecule has 0 aliphatic rings. The molecule has 0 amide bonds. The van der Waals surface area contributed by atoms with Gasteiger partial charge in [0.25, 0.3) is 0 Å². The van der Waals surface area contributed by atoms with E-state index in [4.69, 9.17) is 19.6 Å². The largest absolute Gasteiger partial charge is 0.387 e. The summed E-state index contributed by atoms with van der Waals surface area (Å²) in [6.07, 6.45) is 0.666. The Hall–Kier alpha value is -2.14. The van der Waals surface area contributed by atoms with Gasteiger partial charge in [-0.25, -0.2) is 0 Å². The van der Waals surface area contributed by atoms with Crippen LogP contribution < -0.4 is 5.73 Å². The maximum Gasteiger partial charge on any atom is 0.371 e. The van der Waals surface area contributed by atoms with E-state index < -0.39 is 7.60 Å². The van der Waals surface area contributed by atoms with Gasteiger partial charge >= 0.3 is 7.60 Å². The van der Waals surface area contributed by atoms with Gasteiger partial charge in [-0.05, 0) is 11.1 Å². The quantitative estimate of drug-likeness (QED) is 0.328. The van der Waals surface area contributed by atoms with E-state index in [0.717, 1.165) is 17.5 Å². The summed E-state index contributed by atoms with van der Waals surface area (Å²) in [4.78, 5) is 4.86. The molecule has 0 heterocycles. The third-order valence-corrected chi connectivity index (χ3v) is 4.37. The molecule has 122 valence electrons. The van der Waals surface area contributed by atoms with Crippen molar-refractivity contribution in [2.45, 2.75) is 13.2 Å². The van der Waals surface area contributed by atoms with E-state index in [1.165, 1.54) is 0 Å². The molecule has 7 heteroatoms. The van der Waals surface area contributed by atoms with Crippen LogP contribution in [0.4, 0.5) is 0 Å². The minimum Gasteiger partial charge on any atom is -0.387 e. The normalized spacial score (nSPS) is 11.7. The Bertz CT molecular complexity index is 602. The van der Waals surface area contributed by atoms with Gasteiger partial charge in [-0.2, -0.15) is 0 Å². The van der Waals surface area contributed by atoms with Gasteiger partial charge in [0.05, 0.1) is 13.2 Å². The van der Waals surface area contributed by atoms with Crippen LogP contribution in [0.15, 0.2) is 65.8 Å². The maximum absolute atomic E-state index is 12.8. The SMILES string of the molecule is NC=NOCP(=O)(OCc1ccccc1)OCc1ccccc1. The standard InChI is InChI=1S/C16H19N2O4P/c17-13-18-20-14-23(19,21-11-15-7-3-1-4-8-15)22-12-16-9-5-2-6-10-16/h1-10,13H,11-12,14H2,(H2,17,18). The molecule has 2 rings (SSSR count). The van der Waals surface area contributed by atoms with E-state index in [9.17, 15) is 4.57 Å². The van der Waals surface area contributed by atoms with Gasteiger partial charge in [-0.1, -0.05) is 65.8 Å². The van der Waals surface area contributed by atoms with Crippen LogP contribution in [0.5, 0.6) is 0 Å². The van der Waals surface area contributed by atoms with Gasteiger partial charge in [-0.15, -0.1) is 0 Å². The zero-order valence-corrected chi connectivity index (χ0v) is 13.5. The molecule has 6 nitrogen and oxygen atoms in total. The van der Waals surface area contributed by atoms with E-state index in [1.54, 1.807) is 0 Å². The monoisotopic (exact) mass is 334 g/mol. The lowest BCUT2D eigenvalue weighted by atomic mass is 10.2. The predicted molar refractivity (Wildman–Crippen MR) is 88.7 cm³/mol. The number of nitrogens with zero attached hydrogens (tertiary/aromatic N) is 1. The van der Waals surface area contributed by atoms with Crippen molar-refractivity contribution in [1.29, 1.82) is 0 Å². The Morgan fingerprint density at radius 2 is 1.39 bits per heavy atom. The first-order valence-corrected chi connectivity index (χ1v) is 8.76. The highest BCUT2D eigenvalue weighted by Gasteiger charge is 2.26. The Morgan fingerprint density at radius 3 is 1.83 bits per heavy atom. The van der Waals surface area contributed by atoms with Crippen LogP contribution in [0.1, 0.15) is 11.1 Å². The summed E-state index contributed by atoms with van der Waals surface area (Å²) in [5, 5.41) is 3.39. The van der Waals surface area contributed by atoms with Crippen LogP contribution in [0.25, 0.3) is 0 Å². The van der Waals surface area contributed by atoms with Crippen molar-refractivity contribution in [3.8, 4) is 0 Å². The fourth-order valence-corrected chi connectivity index (χ4v) is 2.88. The predicted octanol–water partition coefficient (Wildman–Crippen LogP) is 3.49. The molecule has 0 atom stereocenters. The molecular formula is C16H19N2O4P. The molecule has 0 saturated heterocycles. The van der Waals surface area contributed by atoms with E-state index in [2.05, 4.69) is 5.16 Å². The van der Waals surface area contributed by atoms with E-state index in [-0.39, 0.29) is 19.6 Å². The second kappa shape index (κ2) is 9.10. The van der Waals surface area contributed by atoms with Gasteiger partial charge < -0.3 is 19.6 Å². The Balaban J connectivity index is 1.97. The van der Waals surface area contributed by atoms with Crippen LogP contribution in [-0.2, 0) is 31.7 Å². The second-order valence-corrected chi connectivity index (χ2v) is 6.64. The van der Waals surface area contributed by atoms with Gasteiger partial charge in [0.1, 0.15) is 6.34 Å². The average molecular weight is 334 g/mol. The first-order valence-electron chi connectivity index (χ1n) is 7.03. The minimum atomic E-state index is -3.47. The van der Waals surface area contributed by atoms with Crippen LogP contribution >= 0.6 is 7.60 Å². The summed E-state index contributed by atoms with van der Waals surface area (Å²) in [6.45, 7) is 0.311. The first kappa shape index (κ1) is 17.2. The number of rotatable bonds is 9. The van der Waals surface area contributed by atoms with Crippen molar-refractivity contribution in [3.05, 3.63) is 71.8 Å². The molecule has 2 aromatic rings. The molecule has 0 saturated carbocycles. The topological polar surface area (TPSA) is 83.1 Å². The zero-order valence-electron chi connectivity index (χ0n) is 12.6. The van der Waals surface area contributed by atoms with Gasteiger partial charge in [0.15, 0.2) is 0 Å². The van der Waals surface area contributed by atoms with Crippen LogP contribution in [0, 0.1) is 0 Å². The van der Waals surface area contributed by atoms with Crippen LogP contribution in [0.2, 0.25) is 0 Å². The molecule has 0 unspecified atom stereocenters. The molecule has 0 aromatic heterocycles. The molecule has 0 aliphatic heterocycles. The molecule has 2 N–H and O–H groups in total. The third-order valence-electron chi connectivity index (χ3n) is 2.89. The summed E-state index contributed by atoms with van der Waals surface area (Å²) < 4.78 is 23.7. The number of nitrogens with two attached hydrogens (primary N) is 1. The Kier molecular flexibility index (Phi) is 6.81. The van der Waals surface area contributed by atoms with E-state index in [1.807, 2.05) is 60.7 Å². The lowest BCUT2D eigenvalue weighted by molar-refractivity contribution is 0.127.